The molecule has 3 heterocycles. The summed E-state index contributed by atoms with van der Waals surface area (Å²) in [6.45, 7) is 0.692. The van der Waals surface area contributed by atoms with Gasteiger partial charge in [0.1, 0.15) is 0 Å². The van der Waals surface area contributed by atoms with Crippen LogP contribution >= 0.6 is 0 Å². The van der Waals surface area contributed by atoms with Crippen molar-refractivity contribution >= 4 is 10.9 Å². The molecule has 9 heteroatoms. The standard InChI is InChI=1S/C16H15F3N4O2/c1-10-5-11(6-21-14(10)25-9-16(17,18)19)7-23-8-12-13(22-23)3-4-20-15(12)24-2/h3-6,8H,7,9H2,1-2H3. The number of aryl methyl sites for hydroxylation is 1. The zero-order chi connectivity index (χ0) is 18.0. The average molecular weight is 352 g/mol. The zero-order valence-electron chi connectivity index (χ0n) is 13.5. The number of fused-ring (bicyclic) bond motifs is 1. The minimum absolute atomic E-state index is 0.0300. The van der Waals surface area contributed by atoms with E-state index in [4.69, 9.17) is 9.47 Å². The van der Waals surface area contributed by atoms with Crippen LogP contribution in [-0.2, 0) is 6.54 Å². The first-order valence-corrected chi connectivity index (χ1v) is 7.37. The maximum Gasteiger partial charge on any atom is 0.422 e. The van der Waals surface area contributed by atoms with Crippen LogP contribution in [0.25, 0.3) is 10.9 Å². The number of alkyl halides is 3. The molecule has 6 nitrogen and oxygen atoms in total. The molecule has 0 N–H and O–H groups in total. The van der Waals surface area contributed by atoms with E-state index in [1.165, 1.54) is 13.3 Å². The largest absolute Gasteiger partial charge is 0.480 e. The molecule has 3 aromatic heterocycles. The number of ether oxygens (including phenoxy) is 2. The summed E-state index contributed by atoms with van der Waals surface area (Å²) in [6.07, 6.45) is 0.483. The monoisotopic (exact) mass is 352 g/mol. The lowest BCUT2D eigenvalue weighted by atomic mass is 10.2. The summed E-state index contributed by atoms with van der Waals surface area (Å²) in [5, 5.41) is 5.20. The van der Waals surface area contributed by atoms with Gasteiger partial charge in [0, 0.05) is 24.2 Å². The fourth-order valence-corrected chi connectivity index (χ4v) is 2.41. The topological polar surface area (TPSA) is 62.1 Å². The van der Waals surface area contributed by atoms with E-state index >= 15 is 0 Å². The summed E-state index contributed by atoms with van der Waals surface area (Å²) in [6, 6.07) is 3.49. The highest BCUT2D eigenvalue weighted by molar-refractivity contribution is 5.82. The normalized spacial score (nSPS) is 11.7. The zero-order valence-corrected chi connectivity index (χ0v) is 13.5. The smallest absolute Gasteiger partial charge is 0.422 e. The maximum atomic E-state index is 12.2. The summed E-state index contributed by atoms with van der Waals surface area (Å²) >= 11 is 0. The number of aromatic nitrogens is 4. The Morgan fingerprint density at radius 2 is 2.00 bits per heavy atom. The van der Waals surface area contributed by atoms with Gasteiger partial charge in [0.05, 0.1) is 24.6 Å². The van der Waals surface area contributed by atoms with Crippen LogP contribution in [0.4, 0.5) is 13.2 Å². The second kappa shape index (κ2) is 6.58. The quantitative estimate of drug-likeness (QED) is 0.706. The minimum Gasteiger partial charge on any atom is -0.480 e. The Labute approximate surface area is 141 Å². The lowest BCUT2D eigenvalue weighted by molar-refractivity contribution is -0.154. The second-order valence-electron chi connectivity index (χ2n) is 5.45. The third-order valence-corrected chi connectivity index (χ3v) is 3.44. The summed E-state index contributed by atoms with van der Waals surface area (Å²) < 4.78 is 48.3. The molecule has 0 amide bonds. The number of hydrogen-bond acceptors (Lipinski definition) is 5. The molecule has 0 fully saturated rings. The fraction of sp³-hybridized carbons (Fsp3) is 0.312. The van der Waals surface area contributed by atoms with E-state index in [2.05, 4.69) is 15.1 Å². The van der Waals surface area contributed by atoms with Crippen LogP contribution in [0.1, 0.15) is 11.1 Å². The van der Waals surface area contributed by atoms with Crippen molar-refractivity contribution in [2.45, 2.75) is 19.6 Å². The lowest BCUT2D eigenvalue weighted by Gasteiger charge is -2.11. The van der Waals surface area contributed by atoms with Gasteiger partial charge in [-0.3, -0.25) is 4.68 Å². The molecule has 3 aromatic rings. The van der Waals surface area contributed by atoms with Crippen LogP contribution in [0.3, 0.4) is 0 Å². The predicted octanol–water partition coefficient (Wildman–Crippen LogP) is 3.13. The Morgan fingerprint density at radius 1 is 1.20 bits per heavy atom. The lowest BCUT2D eigenvalue weighted by Crippen LogP contribution is -2.20. The van der Waals surface area contributed by atoms with Crippen molar-refractivity contribution in [1.82, 2.24) is 19.7 Å². The molecule has 0 aliphatic carbocycles. The molecule has 0 unspecified atom stereocenters. The first-order valence-electron chi connectivity index (χ1n) is 7.37. The summed E-state index contributed by atoms with van der Waals surface area (Å²) in [5.41, 5.74) is 2.05. The molecular weight excluding hydrogens is 337 g/mol. The molecule has 0 aromatic carbocycles. The van der Waals surface area contributed by atoms with Crippen LogP contribution < -0.4 is 9.47 Å². The van der Waals surface area contributed by atoms with E-state index < -0.39 is 12.8 Å². The molecule has 25 heavy (non-hydrogen) atoms. The van der Waals surface area contributed by atoms with Crippen LogP contribution in [0.15, 0.2) is 30.7 Å². The number of halogens is 3. The molecule has 0 aliphatic rings. The summed E-state index contributed by atoms with van der Waals surface area (Å²) in [4.78, 5) is 8.08. The SMILES string of the molecule is COc1nccc2nn(Cc3cnc(OCC(F)(F)F)c(C)c3)cc12. The van der Waals surface area contributed by atoms with Gasteiger partial charge in [0.2, 0.25) is 11.8 Å². The van der Waals surface area contributed by atoms with Crippen LogP contribution in [0.5, 0.6) is 11.8 Å². The van der Waals surface area contributed by atoms with Crippen molar-refractivity contribution in [2.24, 2.45) is 0 Å². The van der Waals surface area contributed by atoms with Gasteiger partial charge in [-0.1, -0.05) is 0 Å². The van der Waals surface area contributed by atoms with Gasteiger partial charge in [-0.05, 0) is 24.6 Å². The molecule has 3 rings (SSSR count). The van der Waals surface area contributed by atoms with Crippen molar-refractivity contribution in [1.29, 1.82) is 0 Å². The van der Waals surface area contributed by atoms with Gasteiger partial charge in [0.25, 0.3) is 0 Å². The molecule has 0 spiro atoms. The van der Waals surface area contributed by atoms with E-state index in [1.54, 1.807) is 36.1 Å². The van der Waals surface area contributed by atoms with Gasteiger partial charge in [-0.25, -0.2) is 9.97 Å². The fourth-order valence-electron chi connectivity index (χ4n) is 2.41. The van der Waals surface area contributed by atoms with E-state index in [0.29, 0.717) is 18.0 Å². The highest BCUT2D eigenvalue weighted by Gasteiger charge is 2.29. The molecule has 0 saturated carbocycles. The van der Waals surface area contributed by atoms with E-state index in [-0.39, 0.29) is 5.88 Å². The number of pyridine rings is 2. The number of rotatable bonds is 5. The third-order valence-electron chi connectivity index (χ3n) is 3.44. The van der Waals surface area contributed by atoms with Crippen molar-refractivity contribution < 1.29 is 22.6 Å². The van der Waals surface area contributed by atoms with Crippen molar-refractivity contribution in [3.63, 3.8) is 0 Å². The van der Waals surface area contributed by atoms with Gasteiger partial charge in [0.15, 0.2) is 6.61 Å². The minimum atomic E-state index is -4.39. The third kappa shape index (κ3) is 3.98. The van der Waals surface area contributed by atoms with E-state index in [0.717, 1.165) is 16.5 Å². The van der Waals surface area contributed by atoms with Crippen molar-refractivity contribution in [2.75, 3.05) is 13.7 Å². The molecule has 0 bridgehead atoms. The number of hydrogen-bond donors (Lipinski definition) is 0. The Morgan fingerprint density at radius 3 is 2.68 bits per heavy atom. The maximum absolute atomic E-state index is 12.2. The van der Waals surface area contributed by atoms with Crippen LogP contribution in [-0.4, -0.2) is 39.6 Å². The Bertz CT molecular complexity index is 893. The van der Waals surface area contributed by atoms with Gasteiger partial charge in [-0.15, -0.1) is 0 Å². The molecule has 132 valence electrons. The molecule has 0 saturated heterocycles. The molecule has 0 radical (unpaired) electrons. The number of nitrogens with zero attached hydrogens (tertiary/aromatic N) is 4. The van der Waals surface area contributed by atoms with E-state index in [1.807, 2.05) is 0 Å². The number of methoxy groups -OCH3 is 1. The molecule has 0 atom stereocenters. The van der Waals surface area contributed by atoms with Crippen LogP contribution in [0, 0.1) is 6.92 Å². The van der Waals surface area contributed by atoms with Gasteiger partial charge >= 0.3 is 6.18 Å². The van der Waals surface area contributed by atoms with E-state index in [9.17, 15) is 13.2 Å². The first kappa shape index (κ1) is 17.0. The average Bonchev–Trinajstić information content (AvgIpc) is 2.95. The summed E-state index contributed by atoms with van der Waals surface area (Å²) in [7, 11) is 1.53. The van der Waals surface area contributed by atoms with Crippen molar-refractivity contribution in [3.8, 4) is 11.8 Å². The Hall–Kier alpha value is -2.84. The highest BCUT2D eigenvalue weighted by Crippen LogP contribution is 2.23. The molecular formula is C16H15F3N4O2. The highest BCUT2D eigenvalue weighted by atomic mass is 19.4. The second-order valence-corrected chi connectivity index (χ2v) is 5.45. The van der Waals surface area contributed by atoms with Crippen LogP contribution in [0.2, 0.25) is 0 Å². The summed E-state index contributed by atoms with van der Waals surface area (Å²) in [5.74, 6) is 0.450. The van der Waals surface area contributed by atoms with Gasteiger partial charge < -0.3 is 9.47 Å². The van der Waals surface area contributed by atoms with Gasteiger partial charge in [-0.2, -0.15) is 18.3 Å². The van der Waals surface area contributed by atoms with Crippen molar-refractivity contribution in [3.05, 3.63) is 41.9 Å². The Balaban J connectivity index is 1.78. The predicted molar refractivity (Wildman–Crippen MR) is 83.7 cm³/mol. The first-order chi connectivity index (χ1) is 11.9. The Kier molecular flexibility index (Phi) is 4.47. The molecule has 0 aliphatic heterocycles.